The molecule has 1 aliphatic heterocycles. The molecule has 0 saturated heterocycles. The molecule has 12 nitrogen and oxygen atoms in total. The molecular weight excluding hydrogens is 565 g/mol. The highest BCUT2D eigenvalue weighted by molar-refractivity contribution is 7.94. The number of rotatable bonds is 6. The molecule has 0 aliphatic carbocycles. The van der Waals surface area contributed by atoms with E-state index in [1.165, 1.54) is 47.7 Å². The van der Waals surface area contributed by atoms with Crippen molar-refractivity contribution in [1.82, 2.24) is 29.9 Å². The molecule has 0 fully saturated rings. The van der Waals surface area contributed by atoms with Gasteiger partial charge in [0.2, 0.25) is 0 Å². The average Bonchev–Trinajstić information content (AvgIpc) is 3.38. The Morgan fingerprint density at radius 1 is 1.26 bits per heavy atom. The number of carbonyl (C=O) groups excluding carboxylic acids is 1. The molecule has 1 aliphatic rings. The summed E-state index contributed by atoms with van der Waals surface area (Å²) < 4.78 is 41.6. The van der Waals surface area contributed by atoms with Gasteiger partial charge in [-0.1, -0.05) is 20.8 Å². The second-order valence-corrected chi connectivity index (χ2v) is 13.0. The van der Waals surface area contributed by atoms with E-state index in [0.717, 1.165) is 10.9 Å². The van der Waals surface area contributed by atoms with Gasteiger partial charge in [-0.15, -0.1) is 0 Å². The Kier molecular flexibility index (Phi) is 7.07. The van der Waals surface area contributed by atoms with E-state index in [1.54, 1.807) is 6.07 Å². The zero-order valence-electron chi connectivity index (χ0n) is 23.2. The van der Waals surface area contributed by atoms with Crippen LogP contribution in [0.5, 0.6) is 0 Å². The van der Waals surface area contributed by atoms with E-state index in [0.29, 0.717) is 16.5 Å². The first kappa shape index (κ1) is 28.8. The number of aliphatic hydroxyl groups excluding tert-OH is 1. The number of sulfone groups is 1. The highest BCUT2D eigenvalue weighted by atomic mass is 32.2. The zero-order valence-corrected chi connectivity index (χ0v) is 24.0. The molecule has 0 unspecified atom stereocenters. The SMILES string of the molecule is CC(C)(C)c1cc(F)c2c(=O)n(-c3nccc(-n4cc(C(N)=O)c(C5=CNCC(S(C)(=O)=O)=C5)n4)c3CO)ncc2c1. The van der Waals surface area contributed by atoms with Crippen molar-refractivity contribution in [3.63, 3.8) is 0 Å². The highest BCUT2D eigenvalue weighted by Crippen LogP contribution is 2.29. The van der Waals surface area contributed by atoms with Crippen LogP contribution in [-0.4, -0.2) is 56.8 Å². The number of halogens is 1. The number of aliphatic hydroxyl groups is 1. The second-order valence-electron chi connectivity index (χ2n) is 10.9. The van der Waals surface area contributed by atoms with Crippen LogP contribution in [0.25, 0.3) is 27.9 Å². The summed E-state index contributed by atoms with van der Waals surface area (Å²) in [6, 6.07) is 4.52. The van der Waals surface area contributed by atoms with Gasteiger partial charge in [0, 0.05) is 41.4 Å². The van der Waals surface area contributed by atoms with Crippen LogP contribution in [0.3, 0.4) is 0 Å². The molecule has 218 valence electrons. The largest absolute Gasteiger partial charge is 0.391 e. The number of pyridine rings is 1. The fraction of sp³-hybridized carbons (Fsp3) is 0.250. The fourth-order valence-corrected chi connectivity index (χ4v) is 5.32. The number of allylic oxidation sites excluding steroid dienone is 2. The van der Waals surface area contributed by atoms with E-state index in [9.17, 15) is 23.1 Å². The molecule has 0 atom stereocenters. The highest BCUT2D eigenvalue weighted by Gasteiger charge is 2.25. The van der Waals surface area contributed by atoms with Gasteiger partial charge in [-0.25, -0.2) is 22.5 Å². The van der Waals surface area contributed by atoms with Gasteiger partial charge in [0.05, 0.1) is 40.9 Å². The van der Waals surface area contributed by atoms with Crippen molar-refractivity contribution in [2.75, 3.05) is 12.8 Å². The lowest BCUT2D eigenvalue weighted by Crippen LogP contribution is -2.25. The van der Waals surface area contributed by atoms with E-state index in [1.807, 2.05) is 20.8 Å². The molecule has 14 heteroatoms. The molecule has 42 heavy (non-hydrogen) atoms. The Bertz CT molecular complexity index is 2000. The summed E-state index contributed by atoms with van der Waals surface area (Å²) in [5.41, 5.74) is 5.88. The number of hydrogen-bond donors (Lipinski definition) is 3. The lowest BCUT2D eigenvalue weighted by Gasteiger charge is -2.20. The van der Waals surface area contributed by atoms with Crippen molar-refractivity contribution in [2.45, 2.75) is 32.8 Å². The summed E-state index contributed by atoms with van der Waals surface area (Å²) in [6.07, 6.45) is 8.00. The molecule has 1 amide bonds. The van der Waals surface area contributed by atoms with Gasteiger partial charge in [0.25, 0.3) is 11.5 Å². The third kappa shape index (κ3) is 5.10. The van der Waals surface area contributed by atoms with Crippen molar-refractivity contribution >= 4 is 32.1 Å². The molecule has 1 aromatic carbocycles. The number of carbonyl (C=O) groups is 1. The van der Waals surface area contributed by atoms with Crippen LogP contribution in [0.4, 0.5) is 4.39 Å². The van der Waals surface area contributed by atoms with Gasteiger partial charge in [-0.05, 0) is 35.3 Å². The molecule has 0 spiro atoms. The maximum Gasteiger partial charge on any atom is 0.283 e. The number of aromatic nitrogens is 5. The van der Waals surface area contributed by atoms with Crippen LogP contribution >= 0.6 is 0 Å². The third-order valence-electron chi connectivity index (χ3n) is 6.90. The van der Waals surface area contributed by atoms with Gasteiger partial charge in [0.15, 0.2) is 15.7 Å². The molecule has 0 radical (unpaired) electrons. The predicted molar refractivity (Wildman–Crippen MR) is 154 cm³/mol. The molecule has 3 aromatic heterocycles. The Morgan fingerprint density at radius 2 is 2.00 bits per heavy atom. The summed E-state index contributed by atoms with van der Waals surface area (Å²) in [6.45, 7) is 5.23. The first-order valence-corrected chi connectivity index (χ1v) is 14.7. The van der Waals surface area contributed by atoms with Gasteiger partial charge < -0.3 is 16.2 Å². The Morgan fingerprint density at radius 3 is 2.64 bits per heavy atom. The first-order valence-electron chi connectivity index (χ1n) is 12.8. The smallest absolute Gasteiger partial charge is 0.283 e. The quantitative estimate of drug-likeness (QED) is 0.301. The van der Waals surface area contributed by atoms with E-state index in [2.05, 4.69) is 20.5 Å². The second kappa shape index (κ2) is 10.3. The third-order valence-corrected chi connectivity index (χ3v) is 8.11. The zero-order chi connectivity index (χ0) is 30.6. The Labute approximate surface area is 239 Å². The van der Waals surface area contributed by atoms with E-state index in [4.69, 9.17) is 5.73 Å². The Hall–Kier alpha value is -4.69. The van der Waals surface area contributed by atoms with Crippen LogP contribution < -0.4 is 16.6 Å². The molecule has 4 N–H and O–H groups in total. The maximum absolute atomic E-state index is 15.2. The molecular formula is C28H28FN7O5S. The van der Waals surface area contributed by atoms with Crippen molar-refractivity contribution < 1.29 is 22.7 Å². The molecule has 5 rings (SSSR count). The Balaban J connectivity index is 1.67. The number of amides is 1. The number of nitrogens with two attached hydrogens (primary N) is 1. The number of fused-ring (bicyclic) bond motifs is 1. The lowest BCUT2D eigenvalue weighted by atomic mass is 9.86. The molecule has 0 saturated carbocycles. The summed E-state index contributed by atoms with van der Waals surface area (Å²) in [7, 11) is -3.53. The first-order chi connectivity index (χ1) is 19.7. The van der Waals surface area contributed by atoms with Gasteiger partial charge in [-0.2, -0.15) is 14.9 Å². The molecule has 4 heterocycles. The van der Waals surface area contributed by atoms with Gasteiger partial charge in [-0.3, -0.25) is 9.59 Å². The average molecular weight is 594 g/mol. The molecule has 0 bridgehead atoms. The van der Waals surface area contributed by atoms with Gasteiger partial charge in [0.1, 0.15) is 11.5 Å². The lowest BCUT2D eigenvalue weighted by molar-refractivity contribution is 0.1000. The number of nitrogens with one attached hydrogen (secondary N) is 1. The van der Waals surface area contributed by atoms with Crippen LogP contribution in [0.2, 0.25) is 0 Å². The monoisotopic (exact) mass is 593 g/mol. The summed E-state index contributed by atoms with van der Waals surface area (Å²) in [5, 5.41) is 22.1. The summed E-state index contributed by atoms with van der Waals surface area (Å²) in [5.74, 6) is -1.61. The van der Waals surface area contributed by atoms with Crippen LogP contribution in [0.1, 0.15) is 48.0 Å². The number of nitrogens with zero attached hydrogens (tertiary/aromatic N) is 5. The van der Waals surface area contributed by atoms with E-state index < -0.39 is 33.7 Å². The topological polar surface area (TPSA) is 175 Å². The molecule has 4 aromatic rings. The fourth-order valence-electron chi connectivity index (χ4n) is 4.63. The van der Waals surface area contributed by atoms with Crippen LogP contribution in [0, 0.1) is 5.82 Å². The minimum atomic E-state index is -3.53. The number of benzene rings is 1. The standard InChI is InChI=1S/C28H28FN7O5S/c1-28(2,3)17-7-15-11-33-36(27(39)23(15)21(29)9-17)26-20(14-37)22(5-6-32-26)35-13-19(25(30)38)24(34-35)16-8-18(12-31-10-16)42(4,40)41/h5-11,13,31,37H,12,14H2,1-4H3,(H2,30,38). The van der Waals surface area contributed by atoms with Crippen molar-refractivity contribution in [1.29, 1.82) is 0 Å². The predicted octanol–water partition coefficient (Wildman–Crippen LogP) is 1.87. The minimum absolute atomic E-state index is 0.0194. The van der Waals surface area contributed by atoms with Crippen LogP contribution in [-0.2, 0) is 21.9 Å². The van der Waals surface area contributed by atoms with Crippen molar-refractivity contribution in [3.05, 3.63) is 92.5 Å². The summed E-state index contributed by atoms with van der Waals surface area (Å²) in [4.78, 5) is 30.2. The minimum Gasteiger partial charge on any atom is -0.391 e. The summed E-state index contributed by atoms with van der Waals surface area (Å²) >= 11 is 0. The maximum atomic E-state index is 15.2. The van der Waals surface area contributed by atoms with Crippen molar-refractivity contribution in [2.24, 2.45) is 5.73 Å². The van der Waals surface area contributed by atoms with Crippen molar-refractivity contribution in [3.8, 4) is 11.5 Å². The normalized spacial score (nSPS) is 14.0. The van der Waals surface area contributed by atoms with Crippen LogP contribution in [0.15, 0.2) is 58.8 Å². The van der Waals surface area contributed by atoms with E-state index in [-0.39, 0.29) is 50.6 Å². The number of primary amides is 1. The van der Waals surface area contributed by atoms with Gasteiger partial charge >= 0.3 is 0 Å². The number of dihydropyridines is 1. The number of hydrogen-bond acceptors (Lipinski definition) is 9. The van der Waals surface area contributed by atoms with E-state index >= 15 is 4.39 Å².